The number of carbonyl (C=O) groups is 1. The minimum absolute atomic E-state index is 0.0106. The van der Waals surface area contributed by atoms with Crippen LogP contribution in [0.2, 0.25) is 0 Å². The van der Waals surface area contributed by atoms with Crippen molar-refractivity contribution in [2.75, 3.05) is 20.3 Å². The molecule has 2 rings (SSSR count). The van der Waals surface area contributed by atoms with Gasteiger partial charge < -0.3 is 15.2 Å². The van der Waals surface area contributed by atoms with Crippen molar-refractivity contribution in [3.8, 4) is 9.88 Å². The lowest BCUT2D eigenvalue weighted by Crippen LogP contribution is -2.49. The van der Waals surface area contributed by atoms with Gasteiger partial charge in [0.1, 0.15) is 9.88 Å². The normalized spacial score (nSPS) is 13.9. The molecule has 1 amide bonds. The van der Waals surface area contributed by atoms with E-state index in [4.69, 9.17) is 9.84 Å². The molecule has 5 nitrogen and oxygen atoms in total. The van der Waals surface area contributed by atoms with Gasteiger partial charge in [0.05, 0.1) is 23.2 Å². The Labute approximate surface area is 131 Å². The van der Waals surface area contributed by atoms with E-state index in [0.29, 0.717) is 17.9 Å². The van der Waals surface area contributed by atoms with E-state index in [0.717, 1.165) is 9.88 Å². The minimum Gasteiger partial charge on any atom is -0.396 e. The van der Waals surface area contributed by atoms with Gasteiger partial charge in [-0.3, -0.25) is 4.79 Å². The molecule has 2 aromatic heterocycles. The second-order valence-corrected chi connectivity index (χ2v) is 6.91. The summed E-state index contributed by atoms with van der Waals surface area (Å²) >= 11 is 2.95. The molecule has 2 N–H and O–H groups in total. The average molecular weight is 326 g/mol. The first-order chi connectivity index (χ1) is 10.1. The summed E-state index contributed by atoms with van der Waals surface area (Å²) < 4.78 is 5.12. The van der Waals surface area contributed by atoms with Crippen LogP contribution in [0.15, 0.2) is 23.7 Å². The van der Waals surface area contributed by atoms with Crippen molar-refractivity contribution in [1.29, 1.82) is 0 Å². The fourth-order valence-electron chi connectivity index (χ4n) is 1.97. The summed E-state index contributed by atoms with van der Waals surface area (Å²) in [5.74, 6) is -0.191. The van der Waals surface area contributed by atoms with Crippen LogP contribution in [0.1, 0.15) is 23.0 Å². The largest absolute Gasteiger partial charge is 0.396 e. The summed E-state index contributed by atoms with van der Waals surface area (Å²) in [5, 5.41) is 14.9. The van der Waals surface area contributed by atoms with Crippen molar-refractivity contribution < 1.29 is 14.6 Å². The second-order valence-electron chi connectivity index (χ2n) is 4.93. The van der Waals surface area contributed by atoms with Crippen molar-refractivity contribution >= 4 is 28.6 Å². The Morgan fingerprint density at radius 3 is 3.00 bits per heavy atom. The van der Waals surface area contributed by atoms with Gasteiger partial charge in [0.15, 0.2) is 0 Å². The summed E-state index contributed by atoms with van der Waals surface area (Å²) in [6.07, 6.45) is 2.02. The maximum absolute atomic E-state index is 12.3. The Bertz CT molecular complexity index is 575. The number of methoxy groups -OCH3 is 1. The van der Waals surface area contributed by atoms with E-state index in [2.05, 4.69) is 10.3 Å². The van der Waals surface area contributed by atoms with Gasteiger partial charge in [-0.25, -0.2) is 4.98 Å². The van der Waals surface area contributed by atoms with Gasteiger partial charge in [0, 0.05) is 13.7 Å². The number of thiophene rings is 1. The van der Waals surface area contributed by atoms with Gasteiger partial charge in [0.25, 0.3) is 5.91 Å². The van der Waals surface area contributed by atoms with Crippen molar-refractivity contribution in [2.24, 2.45) is 0 Å². The molecular formula is C14H18N2O3S2. The van der Waals surface area contributed by atoms with Gasteiger partial charge in [-0.15, -0.1) is 22.7 Å². The fraction of sp³-hybridized carbons (Fsp3) is 0.429. The van der Waals surface area contributed by atoms with Crippen molar-refractivity contribution in [3.63, 3.8) is 0 Å². The van der Waals surface area contributed by atoms with E-state index in [9.17, 15) is 4.79 Å². The third-order valence-corrected chi connectivity index (χ3v) is 5.04. The number of ether oxygens (including phenoxy) is 1. The average Bonchev–Trinajstić information content (AvgIpc) is 3.10. The second kappa shape index (κ2) is 7.13. The molecule has 0 spiro atoms. The molecule has 7 heteroatoms. The number of thiazole rings is 1. The number of hydrogen-bond acceptors (Lipinski definition) is 6. The van der Waals surface area contributed by atoms with Crippen LogP contribution < -0.4 is 5.32 Å². The van der Waals surface area contributed by atoms with Crippen LogP contribution in [-0.2, 0) is 4.74 Å². The molecule has 21 heavy (non-hydrogen) atoms. The highest BCUT2D eigenvalue weighted by atomic mass is 32.1. The van der Waals surface area contributed by atoms with Gasteiger partial charge in [-0.2, -0.15) is 0 Å². The summed E-state index contributed by atoms with van der Waals surface area (Å²) in [6, 6.07) is 3.93. The first-order valence-electron chi connectivity index (χ1n) is 6.50. The van der Waals surface area contributed by atoms with Gasteiger partial charge in [0.2, 0.25) is 0 Å². The zero-order valence-electron chi connectivity index (χ0n) is 12.0. The van der Waals surface area contributed by atoms with Crippen LogP contribution >= 0.6 is 22.7 Å². The quantitative estimate of drug-likeness (QED) is 0.819. The monoisotopic (exact) mass is 326 g/mol. The highest BCUT2D eigenvalue weighted by Gasteiger charge is 2.27. The highest BCUT2D eigenvalue weighted by molar-refractivity contribution is 7.21. The van der Waals surface area contributed by atoms with Crippen LogP contribution in [0.5, 0.6) is 0 Å². The first kappa shape index (κ1) is 16.1. The molecule has 0 aliphatic rings. The topological polar surface area (TPSA) is 71.5 Å². The molecule has 0 radical (unpaired) electrons. The third kappa shape index (κ3) is 4.10. The van der Waals surface area contributed by atoms with Crippen molar-refractivity contribution in [3.05, 3.63) is 28.6 Å². The van der Waals surface area contributed by atoms with Crippen LogP contribution in [0.3, 0.4) is 0 Å². The van der Waals surface area contributed by atoms with Crippen LogP contribution in [0.25, 0.3) is 9.88 Å². The lowest BCUT2D eigenvalue weighted by Gasteiger charge is -2.29. The molecule has 0 saturated carbocycles. The summed E-state index contributed by atoms with van der Waals surface area (Å²) in [6.45, 7) is 2.19. The van der Waals surface area contributed by atoms with E-state index >= 15 is 0 Å². The maximum Gasteiger partial charge on any atom is 0.263 e. The number of nitrogens with one attached hydrogen (secondary N) is 1. The molecule has 1 atom stereocenters. The Hall–Kier alpha value is -1.28. The van der Waals surface area contributed by atoms with Gasteiger partial charge in [-0.05, 0) is 24.8 Å². The lowest BCUT2D eigenvalue weighted by molar-refractivity contribution is 0.0729. The van der Waals surface area contributed by atoms with Crippen molar-refractivity contribution in [2.45, 2.75) is 18.9 Å². The summed E-state index contributed by atoms with van der Waals surface area (Å²) in [7, 11) is 1.57. The lowest BCUT2D eigenvalue weighted by atomic mass is 9.99. The van der Waals surface area contributed by atoms with Gasteiger partial charge >= 0.3 is 0 Å². The molecule has 0 bridgehead atoms. The molecule has 0 aliphatic heterocycles. The number of nitrogens with zero attached hydrogens (tertiary/aromatic N) is 1. The van der Waals surface area contributed by atoms with Crippen molar-refractivity contribution in [1.82, 2.24) is 10.3 Å². The smallest absolute Gasteiger partial charge is 0.263 e. The third-order valence-electron chi connectivity index (χ3n) is 3.00. The van der Waals surface area contributed by atoms with E-state index in [-0.39, 0.29) is 12.5 Å². The van der Waals surface area contributed by atoms with Crippen LogP contribution in [0, 0.1) is 0 Å². The molecule has 2 heterocycles. The Kier molecular flexibility index (Phi) is 5.46. The first-order valence-corrected chi connectivity index (χ1v) is 8.19. The standard InChI is InChI=1S/C14H18N2O3S2/c1-14(5-6-17,9-19-2)16-12(18)11-8-15-13(21-11)10-4-3-7-20-10/h3-4,7-8,17H,5-6,9H2,1-2H3,(H,16,18). The molecule has 0 saturated heterocycles. The van der Waals surface area contributed by atoms with E-state index < -0.39 is 5.54 Å². The SMILES string of the molecule is COCC(C)(CCO)NC(=O)c1cnc(-c2cccs2)s1. The molecular weight excluding hydrogens is 308 g/mol. The Balaban J connectivity index is 2.09. The number of carbonyl (C=O) groups excluding carboxylic acids is 1. The zero-order valence-corrected chi connectivity index (χ0v) is 13.6. The predicted octanol–water partition coefficient (Wildman–Crippen LogP) is 2.39. The fourth-order valence-corrected chi connectivity index (χ4v) is 3.58. The number of aliphatic hydroxyl groups is 1. The molecule has 0 aromatic carbocycles. The highest BCUT2D eigenvalue weighted by Crippen LogP contribution is 2.29. The van der Waals surface area contributed by atoms with E-state index in [1.165, 1.54) is 11.3 Å². The van der Waals surface area contributed by atoms with E-state index in [1.807, 2.05) is 24.4 Å². The van der Waals surface area contributed by atoms with E-state index in [1.54, 1.807) is 24.6 Å². The number of hydrogen-bond donors (Lipinski definition) is 2. The molecule has 2 aromatic rings. The number of aromatic nitrogens is 1. The maximum atomic E-state index is 12.3. The predicted molar refractivity (Wildman–Crippen MR) is 84.9 cm³/mol. The van der Waals surface area contributed by atoms with Gasteiger partial charge in [-0.1, -0.05) is 6.07 Å². The number of aliphatic hydroxyl groups excluding tert-OH is 1. The molecule has 114 valence electrons. The molecule has 0 aliphatic carbocycles. The summed E-state index contributed by atoms with van der Waals surface area (Å²) in [5.41, 5.74) is -0.590. The number of amides is 1. The summed E-state index contributed by atoms with van der Waals surface area (Å²) in [4.78, 5) is 18.2. The number of rotatable bonds is 7. The Morgan fingerprint density at radius 2 is 2.38 bits per heavy atom. The van der Waals surface area contributed by atoms with Crippen LogP contribution in [-0.4, -0.2) is 41.9 Å². The van der Waals surface area contributed by atoms with Crippen LogP contribution in [0.4, 0.5) is 0 Å². The Morgan fingerprint density at radius 1 is 1.57 bits per heavy atom. The zero-order chi connectivity index (χ0) is 15.3. The molecule has 0 fully saturated rings. The molecule has 1 unspecified atom stereocenters. The minimum atomic E-state index is -0.590.